The summed E-state index contributed by atoms with van der Waals surface area (Å²) in [5, 5.41) is 9.20. The zero-order valence-corrected chi connectivity index (χ0v) is 11.0. The minimum absolute atomic E-state index is 0.0410. The van der Waals surface area contributed by atoms with Gasteiger partial charge in [0.2, 0.25) is 0 Å². The fourth-order valence-corrected chi connectivity index (χ4v) is 2.69. The third-order valence-corrected chi connectivity index (χ3v) is 3.86. The van der Waals surface area contributed by atoms with Crippen molar-refractivity contribution in [1.29, 1.82) is 5.26 Å². The van der Waals surface area contributed by atoms with Crippen molar-refractivity contribution in [1.82, 2.24) is 4.90 Å². The first-order valence-corrected chi connectivity index (χ1v) is 6.68. The van der Waals surface area contributed by atoms with E-state index in [1.807, 2.05) is 18.2 Å². The topological polar surface area (TPSA) is 70.1 Å². The predicted molar refractivity (Wildman–Crippen MR) is 73.1 cm³/mol. The van der Waals surface area contributed by atoms with Crippen molar-refractivity contribution in [3.8, 4) is 6.07 Å². The molecule has 1 heterocycles. The third kappa shape index (κ3) is 3.47. The van der Waals surface area contributed by atoms with E-state index in [4.69, 9.17) is 5.73 Å². The Bertz CT molecular complexity index is 466. The highest BCUT2D eigenvalue weighted by Gasteiger charge is 2.30. The van der Waals surface area contributed by atoms with Crippen molar-refractivity contribution in [3.05, 3.63) is 35.9 Å². The maximum Gasteiger partial charge on any atom is 0.314 e. The highest BCUT2D eigenvalue weighted by molar-refractivity contribution is 5.72. The van der Waals surface area contributed by atoms with Crippen LogP contribution in [0.1, 0.15) is 18.4 Å². The Balaban J connectivity index is 1.95. The highest BCUT2D eigenvalue weighted by atomic mass is 16.2. The van der Waals surface area contributed by atoms with Gasteiger partial charge in [-0.05, 0) is 30.7 Å². The zero-order valence-electron chi connectivity index (χ0n) is 11.0. The van der Waals surface area contributed by atoms with Gasteiger partial charge < -0.3 is 10.6 Å². The maximum atomic E-state index is 11.2. The molecule has 2 atom stereocenters. The van der Waals surface area contributed by atoms with E-state index in [9.17, 15) is 10.1 Å². The summed E-state index contributed by atoms with van der Waals surface area (Å²) in [6, 6.07) is 12.2. The number of hydrogen-bond acceptors (Lipinski definition) is 2. The number of carbonyl (C=O) groups excluding carboxylic acids is 1. The number of rotatable bonds is 3. The van der Waals surface area contributed by atoms with Gasteiger partial charge in [0.1, 0.15) is 0 Å². The van der Waals surface area contributed by atoms with E-state index in [2.05, 4.69) is 18.2 Å². The molecule has 2 unspecified atom stereocenters. The van der Waals surface area contributed by atoms with Crippen molar-refractivity contribution in [3.63, 3.8) is 0 Å². The lowest BCUT2D eigenvalue weighted by atomic mass is 9.83. The molecule has 0 spiro atoms. The van der Waals surface area contributed by atoms with Gasteiger partial charge in [-0.2, -0.15) is 5.26 Å². The van der Waals surface area contributed by atoms with Crippen LogP contribution in [0.2, 0.25) is 0 Å². The Morgan fingerprint density at radius 2 is 2.16 bits per heavy atom. The maximum absolute atomic E-state index is 11.2. The predicted octanol–water partition coefficient (Wildman–Crippen LogP) is 2.16. The first-order valence-electron chi connectivity index (χ1n) is 6.68. The summed E-state index contributed by atoms with van der Waals surface area (Å²) in [7, 11) is 0. The second-order valence-corrected chi connectivity index (χ2v) is 5.09. The van der Waals surface area contributed by atoms with Crippen molar-refractivity contribution in [2.24, 2.45) is 17.6 Å². The van der Waals surface area contributed by atoms with Gasteiger partial charge in [-0.3, -0.25) is 0 Å². The van der Waals surface area contributed by atoms with Crippen LogP contribution in [0.25, 0.3) is 0 Å². The van der Waals surface area contributed by atoms with E-state index < -0.39 is 0 Å². The van der Waals surface area contributed by atoms with Gasteiger partial charge in [-0.1, -0.05) is 30.3 Å². The van der Waals surface area contributed by atoms with E-state index in [1.165, 1.54) is 5.56 Å². The summed E-state index contributed by atoms with van der Waals surface area (Å²) >= 11 is 0. The molecule has 4 heteroatoms. The van der Waals surface area contributed by atoms with Crippen LogP contribution in [0, 0.1) is 23.2 Å². The molecule has 0 radical (unpaired) electrons. The number of nitrogens with two attached hydrogens (primary N) is 1. The molecule has 100 valence electrons. The summed E-state index contributed by atoms with van der Waals surface area (Å²) < 4.78 is 0. The van der Waals surface area contributed by atoms with Crippen LogP contribution in [0.15, 0.2) is 30.3 Å². The molecule has 4 nitrogen and oxygen atoms in total. The van der Waals surface area contributed by atoms with Crippen LogP contribution in [-0.2, 0) is 6.42 Å². The number of urea groups is 1. The molecule has 1 aliphatic rings. The van der Waals surface area contributed by atoms with Crippen LogP contribution in [-0.4, -0.2) is 24.0 Å². The molecule has 19 heavy (non-hydrogen) atoms. The van der Waals surface area contributed by atoms with Gasteiger partial charge in [0.05, 0.1) is 12.0 Å². The third-order valence-electron chi connectivity index (χ3n) is 3.86. The van der Waals surface area contributed by atoms with Crippen molar-refractivity contribution in [2.45, 2.75) is 19.3 Å². The van der Waals surface area contributed by atoms with Crippen LogP contribution < -0.4 is 5.73 Å². The molecule has 1 aromatic rings. The number of aryl methyl sites for hydroxylation is 1. The first-order chi connectivity index (χ1) is 9.20. The average molecular weight is 257 g/mol. The minimum atomic E-state index is -0.374. The van der Waals surface area contributed by atoms with Gasteiger partial charge in [0.15, 0.2) is 0 Å². The standard InChI is InChI=1S/C15H19N3O/c16-10-13-8-9-18(15(17)19)11-14(13)7-6-12-4-2-1-3-5-12/h1-5,13-14H,6-9,11H2,(H2,17,19). The van der Waals surface area contributed by atoms with Crippen molar-refractivity contribution >= 4 is 6.03 Å². The monoisotopic (exact) mass is 257 g/mol. The molecule has 2 N–H and O–H groups in total. The second kappa shape index (κ2) is 6.24. The Morgan fingerprint density at radius 1 is 1.42 bits per heavy atom. The Labute approximate surface area is 113 Å². The number of amides is 2. The SMILES string of the molecule is N#CC1CCN(C(N)=O)CC1CCc1ccccc1. The van der Waals surface area contributed by atoms with Crippen molar-refractivity contribution < 1.29 is 4.79 Å². The van der Waals surface area contributed by atoms with Gasteiger partial charge in [-0.25, -0.2) is 4.79 Å². The van der Waals surface area contributed by atoms with E-state index in [-0.39, 0.29) is 17.9 Å². The fourth-order valence-electron chi connectivity index (χ4n) is 2.69. The largest absolute Gasteiger partial charge is 0.351 e. The molecule has 1 aromatic carbocycles. The van der Waals surface area contributed by atoms with Gasteiger partial charge >= 0.3 is 6.03 Å². The summed E-state index contributed by atoms with van der Waals surface area (Å²) in [5.41, 5.74) is 6.60. The minimum Gasteiger partial charge on any atom is -0.351 e. The molecule has 0 bridgehead atoms. The smallest absolute Gasteiger partial charge is 0.314 e. The summed E-state index contributed by atoms with van der Waals surface area (Å²) in [6.45, 7) is 1.22. The van der Waals surface area contributed by atoms with Crippen LogP contribution in [0.4, 0.5) is 4.79 Å². The lowest BCUT2D eigenvalue weighted by molar-refractivity contribution is 0.151. The fraction of sp³-hybridized carbons (Fsp3) is 0.467. The number of hydrogen-bond donors (Lipinski definition) is 1. The molecular formula is C15H19N3O. The molecule has 1 aliphatic heterocycles. The lowest BCUT2D eigenvalue weighted by Gasteiger charge is -2.34. The van der Waals surface area contributed by atoms with E-state index in [1.54, 1.807) is 4.90 Å². The average Bonchev–Trinajstić information content (AvgIpc) is 2.45. The zero-order chi connectivity index (χ0) is 13.7. The first kappa shape index (κ1) is 13.4. The number of nitrogens with zero attached hydrogens (tertiary/aromatic N) is 2. The van der Waals surface area contributed by atoms with E-state index in [0.29, 0.717) is 13.1 Å². The van der Waals surface area contributed by atoms with Gasteiger partial charge in [0, 0.05) is 13.1 Å². The van der Waals surface area contributed by atoms with Crippen molar-refractivity contribution in [2.75, 3.05) is 13.1 Å². The normalized spacial score (nSPS) is 22.8. The van der Waals surface area contributed by atoms with E-state index in [0.717, 1.165) is 19.3 Å². The Kier molecular flexibility index (Phi) is 4.40. The number of benzene rings is 1. The van der Waals surface area contributed by atoms with Gasteiger partial charge in [0.25, 0.3) is 0 Å². The van der Waals surface area contributed by atoms with E-state index >= 15 is 0 Å². The number of nitriles is 1. The van der Waals surface area contributed by atoms with Crippen LogP contribution in [0.3, 0.4) is 0 Å². The van der Waals surface area contributed by atoms with Crippen LogP contribution >= 0.6 is 0 Å². The molecule has 0 aliphatic carbocycles. The molecule has 0 saturated carbocycles. The van der Waals surface area contributed by atoms with Gasteiger partial charge in [-0.15, -0.1) is 0 Å². The van der Waals surface area contributed by atoms with Crippen LogP contribution in [0.5, 0.6) is 0 Å². The second-order valence-electron chi connectivity index (χ2n) is 5.09. The summed E-state index contributed by atoms with van der Waals surface area (Å²) in [5.74, 6) is 0.269. The molecule has 2 amide bonds. The molecule has 2 rings (SSSR count). The number of likely N-dealkylation sites (tertiary alicyclic amines) is 1. The Hall–Kier alpha value is -2.02. The molecule has 0 aromatic heterocycles. The lowest BCUT2D eigenvalue weighted by Crippen LogP contribution is -2.46. The summed E-state index contributed by atoms with van der Waals surface area (Å²) in [4.78, 5) is 12.9. The molecule has 1 saturated heterocycles. The molecular weight excluding hydrogens is 238 g/mol. The highest BCUT2D eigenvalue weighted by Crippen LogP contribution is 2.27. The quantitative estimate of drug-likeness (QED) is 0.901. The summed E-state index contributed by atoms with van der Waals surface area (Å²) in [6.07, 6.45) is 2.60. The number of piperidine rings is 1. The number of primary amides is 1. The number of carbonyl (C=O) groups is 1. The molecule has 1 fully saturated rings. The Morgan fingerprint density at radius 3 is 2.79 bits per heavy atom.